The minimum absolute atomic E-state index is 0.0103. The van der Waals surface area contributed by atoms with Gasteiger partial charge in [0.1, 0.15) is 5.69 Å². The summed E-state index contributed by atoms with van der Waals surface area (Å²) in [6.07, 6.45) is 4.95. The molecule has 0 atom stereocenters. The molecule has 5 nitrogen and oxygen atoms in total. The first kappa shape index (κ1) is 11.7. The van der Waals surface area contributed by atoms with Gasteiger partial charge in [0.2, 0.25) is 0 Å². The summed E-state index contributed by atoms with van der Waals surface area (Å²) < 4.78 is 0. The molecule has 0 bridgehead atoms. The van der Waals surface area contributed by atoms with Crippen LogP contribution in [-0.4, -0.2) is 45.6 Å². The molecule has 1 rings (SSSR count). The summed E-state index contributed by atoms with van der Waals surface area (Å²) in [5.41, 5.74) is 0.472. The Bertz CT molecular complexity index is 285. The van der Waals surface area contributed by atoms with Crippen LogP contribution >= 0.6 is 0 Å². The Morgan fingerprint density at radius 3 is 2.93 bits per heavy atom. The number of hydrogen-bond acceptors (Lipinski definition) is 3. The average molecular weight is 211 g/mol. The maximum atomic E-state index is 11.8. The Hall–Kier alpha value is -1.36. The molecule has 1 heterocycles. The third kappa shape index (κ3) is 3.36. The summed E-state index contributed by atoms with van der Waals surface area (Å²) >= 11 is 0. The zero-order valence-corrected chi connectivity index (χ0v) is 8.94. The first-order valence-electron chi connectivity index (χ1n) is 5.18. The van der Waals surface area contributed by atoms with Crippen LogP contribution in [-0.2, 0) is 0 Å². The lowest BCUT2D eigenvalue weighted by Gasteiger charge is -2.20. The van der Waals surface area contributed by atoms with Gasteiger partial charge in [-0.25, -0.2) is 4.98 Å². The maximum Gasteiger partial charge on any atom is 0.271 e. The molecule has 0 fully saturated rings. The van der Waals surface area contributed by atoms with E-state index in [2.05, 4.69) is 16.9 Å². The van der Waals surface area contributed by atoms with Crippen LogP contribution in [0, 0.1) is 0 Å². The number of carbonyl (C=O) groups excluding carboxylic acids is 1. The van der Waals surface area contributed by atoms with Crippen molar-refractivity contribution in [3.63, 3.8) is 0 Å². The molecule has 15 heavy (non-hydrogen) atoms. The normalized spacial score (nSPS) is 10.3. The molecule has 0 saturated carbocycles. The number of unbranched alkanes of at least 4 members (excludes halogenated alkanes) is 1. The minimum Gasteiger partial charge on any atom is -0.395 e. The molecule has 0 aliphatic heterocycles. The third-order valence-corrected chi connectivity index (χ3v) is 2.17. The van der Waals surface area contributed by atoms with Crippen molar-refractivity contribution in [3.8, 4) is 0 Å². The molecule has 0 unspecified atom stereocenters. The quantitative estimate of drug-likeness (QED) is 0.725. The molecule has 0 aliphatic rings. The average Bonchev–Trinajstić information content (AvgIpc) is 2.76. The molecule has 1 aromatic rings. The van der Waals surface area contributed by atoms with Crippen molar-refractivity contribution < 1.29 is 9.90 Å². The summed E-state index contributed by atoms with van der Waals surface area (Å²) in [5.74, 6) is -0.102. The first-order valence-corrected chi connectivity index (χ1v) is 5.18. The van der Waals surface area contributed by atoms with Gasteiger partial charge in [-0.05, 0) is 6.42 Å². The highest BCUT2D eigenvalue weighted by molar-refractivity contribution is 5.92. The molecular weight excluding hydrogens is 194 g/mol. The van der Waals surface area contributed by atoms with Gasteiger partial charge < -0.3 is 15.0 Å². The monoisotopic (exact) mass is 211 g/mol. The van der Waals surface area contributed by atoms with Crippen molar-refractivity contribution in [1.82, 2.24) is 14.9 Å². The number of rotatable bonds is 6. The van der Waals surface area contributed by atoms with Crippen LogP contribution in [0.2, 0.25) is 0 Å². The van der Waals surface area contributed by atoms with Gasteiger partial charge in [-0.2, -0.15) is 0 Å². The molecule has 1 aromatic heterocycles. The summed E-state index contributed by atoms with van der Waals surface area (Å²) in [4.78, 5) is 20.1. The van der Waals surface area contributed by atoms with Gasteiger partial charge in [-0.15, -0.1) is 0 Å². The zero-order chi connectivity index (χ0) is 11.1. The lowest BCUT2D eigenvalue weighted by Crippen LogP contribution is -2.34. The van der Waals surface area contributed by atoms with E-state index in [4.69, 9.17) is 5.11 Å². The SMILES string of the molecule is CCCCN(CCO)C(=O)c1cnc[nH]1. The number of nitrogens with one attached hydrogen (secondary N) is 1. The predicted octanol–water partition coefficient (Wildman–Crippen LogP) is 0.644. The van der Waals surface area contributed by atoms with Gasteiger partial charge in [0.15, 0.2) is 0 Å². The third-order valence-electron chi connectivity index (χ3n) is 2.17. The second kappa shape index (κ2) is 6.19. The Labute approximate surface area is 89.1 Å². The van der Waals surface area contributed by atoms with Gasteiger partial charge >= 0.3 is 0 Å². The van der Waals surface area contributed by atoms with E-state index in [1.165, 1.54) is 12.5 Å². The Morgan fingerprint density at radius 2 is 2.40 bits per heavy atom. The van der Waals surface area contributed by atoms with E-state index in [0.29, 0.717) is 18.8 Å². The molecule has 0 aliphatic carbocycles. The van der Waals surface area contributed by atoms with Crippen LogP contribution in [0.3, 0.4) is 0 Å². The first-order chi connectivity index (χ1) is 7.29. The molecular formula is C10H17N3O2. The summed E-state index contributed by atoms with van der Waals surface area (Å²) in [6, 6.07) is 0. The minimum atomic E-state index is -0.102. The van der Waals surface area contributed by atoms with Crippen molar-refractivity contribution >= 4 is 5.91 Å². The summed E-state index contributed by atoms with van der Waals surface area (Å²) in [6.45, 7) is 3.11. The number of aromatic amines is 1. The van der Waals surface area contributed by atoms with E-state index in [1.54, 1.807) is 4.90 Å². The molecule has 84 valence electrons. The van der Waals surface area contributed by atoms with Gasteiger partial charge in [0.05, 0.1) is 19.1 Å². The number of amides is 1. The molecule has 0 saturated heterocycles. The van der Waals surface area contributed by atoms with Crippen molar-refractivity contribution in [2.45, 2.75) is 19.8 Å². The molecule has 0 spiro atoms. The standard InChI is InChI=1S/C10H17N3O2/c1-2-3-4-13(5-6-14)10(15)9-7-11-8-12-9/h7-8,14H,2-6H2,1H3,(H,11,12). The second-order valence-electron chi connectivity index (χ2n) is 3.33. The molecule has 5 heteroatoms. The van der Waals surface area contributed by atoms with Gasteiger partial charge in [0.25, 0.3) is 5.91 Å². The fourth-order valence-corrected chi connectivity index (χ4v) is 1.33. The van der Waals surface area contributed by atoms with Crippen LogP contribution in [0.4, 0.5) is 0 Å². The highest BCUT2D eigenvalue weighted by atomic mass is 16.3. The molecule has 0 radical (unpaired) electrons. The van der Waals surface area contributed by atoms with E-state index in [-0.39, 0.29) is 12.5 Å². The van der Waals surface area contributed by atoms with E-state index >= 15 is 0 Å². The number of carbonyl (C=O) groups is 1. The van der Waals surface area contributed by atoms with Crippen molar-refractivity contribution in [2.24, 2.45) is 0 Å². The highest BCUT2D eigenvalue weighted by Crippen LogP contribution is 2.02. The smallest absolute Gasteiger partial charge is 0.271 e. The summed E-state index contributed by atoms with van der Waals surface area (Å²) in [7, 11) is 0. The Morgan fingerprint density at radius 1 is 1.60 bits per heavy atom. The van der Waals surface area contributed by atoms with Crippen LogP contribution in [0.15, 0.2) is 12.5 Å². The fraction of sp³-hybridized carbons (Fsp3) is 0.600. The number of nitrogens with zero attached hydrogens (tertiary/aromatic N) is 2. The van der Waals surface area contributed by atoms with E-state index in [1.807, 2.05) is 0 Å². The lowest BCUT2D eigenvalue weighted by molar-refractivity contribution is 0.0714. The van der Waals surface area contributed by atoms with E-state index in [0.717, 1.165) is 12.8 Å². The van der Waals surface area contributed by atoms with Crippen LogP contribution in [0.1, 0.15) is 30.3 Å². The van der Waals surface area contributed by atoms with Crippen molar-refractivity contribution in [2.75, 3.05) is 19.7 Å². The zero-order valence-electron chi connectivity index (χ0n) is 8.94. The lowest BCUT2D eigenvalue weighted by atomic mass is 10.3. The highest BCUT2D eigenvalue weighted by Gasteiger charge is 2.15. The Kier molecular flexibility index (Phi) is 4.83. The number of H-pyrrole nitrogens is 1. The number of aliphatic hydroxyl groups excluding tert-OH is 1. The summed E-state index contributed by atoms with van der Waals surface area (Å²) in [5, 5.41) is 8.86. The van der Waals surface area contributed by atoms with Crippen LogP contribution < -0.4 is 0 Å². The molecule has 1 amide bonds. The Balaban J connectivity index is 2.58. The van der Waals surface area contributed by atoms with Gasteiger partial charge in [0, 0.05) is 13.1 Å². The van der Waals surface area contributed by atoms with Gasteiger partial charge in [-0.1, -0.05) is 13.3 Å². The van der Waals surface area contributed by atoms with E-state index < -0.39 is 0 Å². The number of aliphatic hydroxyl groups is 1. The van der Waals surface area contributed by atoms with Crippen LogP contribution in [0.25, 0.3) is 0 Å². The second-order valence-corrected chi connectivity index (χ2v) is 3.33. The number of hydrogen-bond donors (Lipinski definition) is 2. The van der Waals surface area contributed by atoms with Gasteiger partial charge in [-0.3, -0.25) is 4.79 Å². The fourth-order valence-electron chi connectivity index (χ4n) is 1.33. The topological polar surface area (TPSA) is 69.2 Å². The van der Waals surface area contributed by atoms with Crippen molar-refractivity contribution in [3.05, 3.63) is 18.2 Å². The predicted molar refractivity (Wildman–Crippen MR) is 56.5 cm³/mol. The molecule has 2 N–H and O–H groups in total. The number of imidazole rings is 1. The van der Waals surface area contributed by atoms with Crippen LogP contribution in [0.5, 0.6) is 0 Å². The largest absolute Gasteiger partial charge is 0.395 e. The van der Waals surface area contributed by atoms with E-state index in [9.17, 15) is 4.79 Å². The molecule has 0 aromatic carbocycles. The number of aromatic nitrogens is 2. The maximum absolute atomic E-state index is 11.8. The van der Waals surface area contributed by atoms with Crippen molar-refractivity contribution in [1.29, 1.82) is 0 Å².